The number of ether oxygens (including phenoxy) is 2. The number of hydrogen-bond acceptors (Lipinski definition) is 5. The lowest BCUT2D eigenvalue weighted by Gasteiger charge is -2.13. The van der Waals surface area contributed by atoms with Gasteiger partial charge in [-0.1, -0.05) is 0 Å². The molecule has 0 unspecified atom stereocenters. The van der Waals surface area contributed by atoms with Gasteiger partial charge in [-0.05, 0) is 50.2 Å². The molecule has 0 atom stereocenters. The van der Waals surface area contributed by atoms with Gasteiger partial charge in [-0.15, -0.1) is 0 Å². The molecule has 0 spiro atoms. The maximum Gasteiger partial charge on any atom is 0.258 e. The molecule has 2 amide bonds. The summed E-state index contributed by atoms with van der Waals surface area (Å²) in [6.45, 7) is 3.61. The number of aromatic amines is 1. The van der Waals surface area contributed by atoms with Crippen molar-refractivity contribution in [3.63, 3.8) is 0 Å². The Hall–Kier alpha value is -3.55. The van der Waals surface area contributed by atoms with E-state index >= 15 is 0 Å². The maximum atomic E-state index is 12.6. The van der Waals surface area contributed by atoms with Crippen molar-refractivity contribution in [2.24, 2.45) is 0 Å². The van der Waals surface area contributed by atoms with Crippen LogP contribution in [0.2, 0.25) is 0 Å². The van der Waals surface area contributed by atoms with Crippen LogP contribution >= 0.6 is 0 Å². The minimum Gasteiger partial charge on any atom is -0.493 e. The number of benzene rings is 2. The standard InChI is InChI=1S/C20H22N4O4/c1-12(2)22-19(25)11-28-17-7-4-13(9-18(17)27-3)20(26)23-15-5-6-16-14(8-15)10-21-24-16/h4-10,12H,11H2,1-3H3,(H,21,24)(H,22,25)(H,23,26). The quantitative estimate of drug-likeness (QED) is 0.583. The van der Waals surface area contributed by atoms with Crippen LogP contribution < -0.4 is 20.1 Å². The van der Waals surface area contributed by atoms with Crippen molar-refractivity contribution in [1.82, 2.24) is 15.5 Å². The molecule has 0 aliphatic heterocycles. The summed E-state index contributed by atoms with van der Waals surface area (Å²) in [5.41, 5.74) is 1.95. The van der Waals surface area contributed by atoms with Crippen LogP contribution in [0.15, 0.2) is 42.6 Å². The first-order chi connectivity index (χ1) is 13.5. The van der Waals surface area contributed by atoms with Crippen LogP contribution in [0, 0.1) is 0 Å². The number of H-pyrrole nitrogens is 1. The highest BCUT2D eigenvalue weighted by molar-refractivity contribution is 6.05. The second-order valence-electron chi connectivity index (χ2n) is 6.50. The Morgan fingerprint density at radius 2 is 1.96 bits per heavy atom. The minimum absolute atomic E-state index is 0.0327. The fraction of sp³-hybridized carbons (Fsp3) is 0.250. The molecule has 0 fully saturated rings. The van der Waals surface area contributed by atoms with Crippen LogP contribution in [0.5, 0.6) is 11.5 Å². The van der Waals surface area contributed by atoms with Gasteiger partial charge < -0.3 is 20.1 Å². The molecule has 146 valence electrons. The van der Waals surface area contributed by atoms with Gasteiger partial charge in [-0.25, -0.2) is 0 Å². The summed E-state index contributed by atoms with van der Waals surface area (Å²) in [5, 5.41) is 13.3. The van der Waals surface area contributed by atoms with Crippen LogP contribution in [0.3, 0.4) is 0 Å². The molecule has 3 N–H and O–H groups in total. The second kappa shape index (κ2) is 8.43. The fourth-order valence-corrected chi connectivity index (χ4v) is 2.66. The zero-order chi connectivity index (χ0) is 20.1. The smallest absolute Gasteiger partial charge is 0.258 e. The van der Waals surface area contributed by atoms with E-state index in [0.717, 1.165) is 10.9 Å². The number of hydrogen-bond donors (Lipinski definition) is 3. The topological polar surface area (TPSA) is 105 Å². The molecule has 1 heterocycles. The number of carbonyl (C=O) groups excluding carboxylic acids is 2. The Bertz CT molecular complexity index is 997. The van der Waals surface area contributed by atoms with E-state index in [4.69, 9.17) is 9.47 Å². The number of methoxy groups -OCH3 is 1. The Balaban J connectivity index is 1.69. The van der Waals surface area contributed by atoms with Gasteiger partial charge in [-0.2, -0.15) is 5.10 Å². The molecule has 1 aromatic heterocycles. The van der Waals surface area contributed by atoms with E-state index in [9.17, 15) is 9.59 Å². The highest BCUT2D eigenvalue weighted by atomic mass is 16.5. The Morgan fingerprint density at radius 3 is 2.71 bits per heavy atom. The number of rotatable bonds is 7. The number of aromatic nitrogens is 2. The van der Waals surface area contributed by atoms with Crippen molar-refractivity contribution in [3.8, 4) is 11.5 Å². The third-order valence-electron chi connectivity index (χ3n) is 3.93. The van der Waals surface area contributed by atoms with E-state index in [-0.39, 0.29) is 24.5 Å². The van der Waals surface area contributed by atoms with Gasteiger partial charge in [0, 0.05) is 22.7 Å². The summed E-state index contributed by atoms with van der Waals surface area (Å²) < 4.78 is 10.8. The maximum absolute atomic E-state index is 12.6. The average Bonchev–Trinajstić information content (AvgIpc) is 3.13. The molecule has 2 aromatic carbocycles. The highest BCUT2D eigenvalue weighted by Gasteiger charge is 2.13. The Kier molecular flexibility index (Phi) is 5.78. The molecule has 0 bridgehead atoms. The third-order valence-corrected chi connectivity index (χ3v) is 3.93. The van der Waals surface area contributed by atoms with Crippen molar-refractivity contribution in [2.45, 2.75) is 19.9 Å². The fourth-order valence-electron chi connectivity index (χ4n) is 2.66. The third kappa shape index (κ3) is 4.59. The highest BCUT2D eigenvalue weighted by Crippen LogP contribution is 2.28. The summed E-state index contributed by atoms with van der Waals surface area (Å²) >= 11 is 0. The number of nitrogens with zero attached hydrogens (tertiary/aromatic N) is 1. The molecule has 8 heteroatoms. The SMILES string of the molecule is COc1cc(C(=O)Nc2ccc3[nH]ncc3c2)ccc1OCC(=O)NC(C)C. The predicted molar refractivity (Wildman–Crippen MR) is 106 cm³/mol. The molecule has 0 saturated carbocycles. The number of fused-ring (bicyclic) bond motifs is 1. The predicted octanol–water partition coefficient (Wildman–Crippen LogP) is 2.73. The summed E-state index contributed by atoms with van der Waals surface area (Å²) in [4.78, 5) is 24.3. The molecule has 0 aliphatic carbocycles. The number of nitrogens with one attached hydrogen (secondary N) is 3. The van der Waals surface area contributed by atoms with Gasteiger partial charge >= 0.3 is 0 Å². The molecule has 3 aromatic rings. The average molecular weight is 382 g/mol. The van der Waals surface area contributed by atoms with E-state index in [0.29, 0.717) is 22.7 Å². The molecular formula is C20H22N4O4. The first kappa shape index (κ1) is 19.2. The zero-order valence-electron chi connectivity index (χ0n) is 15.9. The van der Waals surface area contributed by atoms with Gasteiger partial charge in [0.15, 0.2) is 18.1 Å². The van der Waals surface area contributed by atoms with Crippen molar-refractivity contribution >= 4 is 28.4 Å². The molecule has 3 rings (SSSR count). The second-order valence-corrected chi connectivity index (χ2v) is 6.50. The van der Waals surface area contributed by atoms with Crippen LogP contribution in [0.1, 0.15) is 24.2 Å². The summed E-state index contributed by atoms with van der Waals surface area (Å²) in [6, 6.07) is 10.3. The van der Waals surface area contributed by atoms with Crippen LogP contribution in [-0.2, 0) is 4.79 Å². The normalized spacial score (nSPS) is 10.7. The van der Waals surface area contributed by atoms with Gasteiger partial charge in [-0.3, -0.25) is 14.7 Å². The number of carbonyl (C=O) groups is 2. The van der Waals surface area contributed by atoms with E-state index in [1.807, 2.05) is 26.0 Å². The van der Waals surface area contributed by atoms with E-state index in [2.05, 4.69) is 20.8 Å². The van der Waals surface area contributed by atoms with E-state index in [1.165, 1.54) is 7.11 Å². The van der Waals surface area contributed by atoms with Crippen LogP contribution in [-0.4, -0.2) is 41.8 Å². The van der Waals surface area contributed by atoms with Crippen LogP contribution in [0.4, 0.5) is 5.69 Å². The molecule has 0 radical (unpaired) electrons. The first-order valence-electron chi connectivity index (χ1n) is 8.81. The zero-order valence-corrected chi connectivity index (χ0v) is 15.9. The van der Waals surface area contributed by atoms with E-state index < -0.39 is 0 Å². The lowest BCUT2D eigenvalue weighted by atomic mass is 10.1. The summed E-state index contributed by atoms with van der Waals surface area (Å²) in [6.07, 6.45) is 1.69. The van der Waals surface area contributed by atoms with Crippen molar-refractivity contribution in [3.05, 3.63) is 48.2 Å². The molecule has 28 heavy (non-hydrogen) atoms. The summed E-state index contributed by atoms with van der Waals surface area (Å²) in [7, 11) is 1.48. The first-order valence-corrected chi connectivity index (χ1v) is 8.81. The van der Waals surface area contributed by atoms with Crippen molar-refractivity contribution < 1.29 is 19.1 Å². The number of amides is 2. The monoisotopic (exact) mass is 382 g/mol. The van der Waals surface area contributed by atoms with E-state index in [1.54, 1.807) is 30.5 Å². The molecule has 0 saturated heterocycles. The van der Waals surface area contributed by atoms with Crippen LogP contribution in [0.25, 0.3) is 10.9 Å². The van der Waals surface area contributed by atoms with Gasteiger partial charge in [0.1, 0.15) is 0 Å². The van der Waals surface area contributed by atoms with Gasteiger partial charge in [0.05, 0.1) is 18.8 Å². The molecular weight excluding hydrogens is 360 g/mol. The number of anilines is 1. The Labute approximate surface area is 162 Å². The molecule has 8 nitrogen and oxygen atoms in total. The molecule has 0 aliphatic rings. The lowest BCUT2D eigenvalue weighted by Crippen LogP contribution is -2.34. The van der Waals surface area contributed by atoms with Gasteiger partial charge in [0.25, 0.3) is 11.8 Å². The minimum atomic E-state index is -0.287. The van der Waals surface area contributed by atoms with Crippen molar-refractivity contribution in [1.29, 1.82) is 0 Å². The van der Waals surface area contributed by atoms with Crippen molar-refractivity contribution in [2.75, 3.05) is 19.0 Å². The lowest BCUT2D eigenvalue weighted by molar-refractivity contribution is -0.123. The largest absolute Gasteiger partial charge is 0.493 e. The Morgan fingerprint density at radius 1 is 1.14 bits per heavy atom. The van der Waals surface area contributed by atoms with Gasteiger partial charge in [0.2, 0.25) is 0 Å². The summed E-state index contributed by atoms with van der Waals surface area (Å²) in [5.74, 6) is 0.242.